The molecule has 0 heterocycles. The molecule has 12 heavy (non-hydrogen) atoms. The highest BCUT2D eigenvalue weighted by Crippen LogP contribution is 2.13. The van der Waals surface area contributed by atoms with Crippen molar-refractivity contribution in [3.63, 3.8) is 0 Å². The molecule has 0 unspecified atom stereocenters. The van der Waals surface area contributed by atoms with Crippen LogP contribution in [0.4, 0.5) is 4.39 Å². The van der Waals surface area contributed by atoms with Crippen LogP contribution in [0.25, 0.3) is 0 Å². The van der Waals surface area contributed by atoms with E-state index in [4.69, 9.17) is 5.11 Å². The average molecular weight is 168 g/mol. The van der Waals surface area contributed by atoms with Gasteiger partial charge in [0.15, 0.2) is 6.71 Å². The van der Waals surface area contributed by atoms with E-state index in [1.54, 1.807) is 0 Å². The first kappa shape index (κ1) is 11.2. The number of hydrogen-bond acceptors (Lipinski definition) is 1. The second kappa shape index (κ2) is 4.93. The molecule has 0 radical (unpaired) electrons. The van der Waals surface area contributed by atoms with Crippen molar-refractivity contribution < 1.29 is 9.50 Å². The lowest BCUT2D eigenvalue weighted by Gasteiger charge is -2.08. The normalized spacial score (nSPS) is 11.2. The Bertz CT molecular complexity index is 219. The molecule has 0 aliphatic rings. The van der Waals surface area contributed by atoms with Crippen molar-refractivity contribution in [2.24, 2.45) is 0 Å². The predicted octanol–water partition coefficient (Wildman–Crippen LogP) is 2.24. The maximum atomic E-state index is 12.3. The van der Waals surface area contributed by atoms with Gasteiger partial charge in [0.25, 0.3) is 0 Å². The Hall–Kier alpha value is -0.825. The molecule has 0 fully saturated rings. The fourth-order valence-corrected chi connectivity index (χ4v) is 0.800. The lowest BCUT2D eigenvalue weighted by molar-refractivity contribution is 0.334. The number of aliphatic hydroxyl groups excluding tert-OH is 1. The van der Waals surface area contributed by atoms with Crippen LogP contribution in [0.3, 0.4) is 0 Å². The second-order valence-electron chi connectivity index (χ2n) is 2.95. The molecule has 0 aliphatic heterocycles. The molecule has 0 aliphatic carbocycles. The van der Waals surface area contributed by atoms with Gasteiger partial charge in [-0.05, 0) is 11.6 Å². The van der Waals surface area contributed by atoms with E-state index in [0.29, 0.717) is 5.57 Å². The minimum atomic E-state index is -0.555. The smallest absolute Gasteiger partial charge is 0.169 e. The summed E-state index contributed by atoms with van der Waals surface area (Å²) < 4.78 is 12.3. The summed E-state index contributed by atoms with van der Waals surface area (Å²) in [5.74, 6) is -0.555. The van der Waals surface area contributed by atoms with Gasteiger partial charge in [-0.2, -0.15) is 0 Å². The lowest BCUT2D eigenvalue weighted by Crippen LogP contribution is -2.09. The highest BCUT2D eigenvalue weighted by atomic mass is 19.1. The Labute approximate surface area is 73.4 Å². The minimum Gasteiger partial charge on any atom is -0.392 e. The molecule has 0 bridgehead atoms. The first-order valence-corrected chi connectivity index (χ1v) is 3.84. The van der Waals surface area contributed by atoms with Crippen molar-refractivity contribution in [3.05, 3.63) is 36.1 Å². The minimum absolute atomic E-state index is 0.194. The molecule has 0 aromatic carbocycles. The van der Waals surface area contributed by atoms with Crippen molar-refractivity contribution >= 4 is 6.71 Å². The zero-order valence-electron chi connectivity index (χ0n) is 7.60. The summed E-state index contributed by atoms with van der Waals surface area (Å²) in [5, 5.41) is 8.86. The van der Waals surface area contributed by atoms with Gasteiger partial charge in [0, 0.05) is 0 Å². The molecule has 1 nitrogen and oxygen atoms in total. The summed E-state index contributed by atoms with van der Waals surface area (Å²) in [6.07, 6.45) is 1.21. The molecule has 0 aromatic heterocycles. The second-order valence-corrected chi connectivity index (χ2v) is 2.95. The fraction of sp³-hybridized carbons (Fsp3) is 0.333. The summed E-state index contributed by atoms with van der Waals surface area (Å²) >= 11 is 0. The van der Waals surface area contributed by atoms with Gasteiger partial charge in [0.2, 0.25) is 0 Å². The molecule has 1 N–H and O–H groups in total. The van der Waals surface area contributed by atoms with Crippen molar-refractivity contribution in [2.45, 2.75) is 13.6 Å². The SMILES string of the molecule is C=C(F)/C=C(/CO)C(=C)B(C)C. The average Bonchev–Trinajstić information content (AvgIpc) is 1.98. The molecule has 0 atom stereocenters. The summed E-state index contributed by atoms with van der Waals surface area (Å²) in [7, 11) is 0. The maximum absolute atomic E-state index is 12.3. The largest absolute Gasteiger partial charge is 0.392 e. The highest BCUT2D eigenvalue weighted by molar-refractivity contribution is 6.65. The topological polar surface area (TPSA) is 20.2 Å². The zero-order valence-corrected chi connectivity index (χ0v) is 7.60. The van der Waals surface area contributed by atoms with Crippen LogP contribution in [0.5, 0.6) is 0 Å². The van der Waals surface area contributed by atoms with Gasteiger partial charge >= 0.3 is 0 Å². The van der Waals surface area contributed by atoms with Gasteiger partial charge in [-0.3, -0.25) is 0 Å². The molecule has 0 saturated heterocycles. The molecule has 0 spiro atoms. The fourth-order valence-electron chi connectivity index (χ4n) is 0.800. The molecular formula is C9H14BFO. The van der Waals surface area contributed by atoms with Crippen LogP contribution in [-0.2, 0) is 0 Å². The van der Waals surface area contributed by atoms with Gasteiger partial charge in [-0.25, -0.2) is 4.39 Å². The van der Waals surface area contributed by atoms with E-state index in [1.807, 2.05) is 13.6 Å². The standard InChI is InChI=1S/C9H14BFO/c1-7(11)5-9(6-12)8(2)10(3)4/h5,12H,1-2,6H2,3-4H3/b9-5-. The van der Waals surface area contributed by atoms with Crippen LogP contribution in [0.1, 0.15) is 0 Å². The number of aliphatic hydroxyl groups is 1. The van der Waals surface area contributed by atoms with Crippen LogP contribution in [0.2, 0.25) is 13.6 Å². The number of allylic oxidation sites excluding steroid dienone is 2. The Morgan fingerprint density at radius 1 is 1.50 bits per heavy atom. The maximum Gasteiger partial charge on any atom is 0.169 e. The lowest BCUT2D eigenvalue weighted by atomic mass is 9.47. The third-order valence-electron chi connectivity index (χ3n) is 1.61. The Morgan fingerprint density at radius 3 is 2.25 bits per heavy atom. The zero-order chi connectivity index (χ0) is 9.72. The van der Waals surface area contributed by atoms with Gasteiger partial charge < -0.3 is 5.11 Å². The Morgan fingerprint density at radius 2 is 2.00 bits per heavy atom. The summed E-state index contributed by atoms with van der Waals surface area (Å²) in [5.41, 5.74) is 1.26. The number of rotatable bonds is 4. The van der Waals surface area contributed by atoms with E-state index in [2.05, 4.69) is 13.2 Å². The summed E-state index contributed by atoms with van der Waals surface area (Å²) in [4.78, 5) is 0. The van der Waals surface area contributed by atoms with Crippen LogP contribution in [0.15, 0.2) is 36.1 Å². The molecular weight excluding hydrogens is 154 g/mol. The third kappa shape index (κ3) is 3.53. The van der Waals surface area contributed by atoms with E-state index >= 15 is 0 Å². The van der Waals surface area contributed by atoms with Gasteiger partial charge in [0.05, 0.1) is 6.61 Å². The Balaban J connectivity index is 4.56. The van der Waals surface area contributed by atoms with Crippen LogP contribution in [0, 0.1) is 0 Å². The van der Waals surface area contributed by atoms with Gasteiger partial charge in [-0.15, -0.1) is 6.58 Å². The van der Waals surface area contributed by atoms with E-state index in [-0.39, 0.29) is 13.3 Å². The highest BCUT2D eigenvalue weighted by Gasteiger charge is 2.08. The molecule has 0 amide bonds. The first-order chi connectivity index (χ1) is 5.49. The van der Waals surface area contributed by atoms with Crippen molar-refractivity contribution in [2.75, 3.05) is 6.61 Å². The molecule has 0 rings (SSSR count). The van der Waals surface area contributed by atoms with E-state index in [1.165, 1.54) is 6.08 Å². The van der Waals surface area contributed by atoms with Gasteiger partial charge in [-0.1, -0.05) is 25.7 Å². The first-order valence-electron chi connectivity index (χ1n) is 3.84. The summed E-state index contributed by atoms with van der Waals surface area (Å²) in [6, 6.07) is 0. The molecule has 0 aromatic rings. The Kier molecular flexibility index (Phi) is 4.60. The third-order valence-corrected chi connectivity index (χ3v) is 1.61. The van der Waals surface area contributed by atoms with E-state index in [9.17, 15) is 4.39 Å². The molecule has 66 valence electrons. The van der Waals surface area contributed by atoms with Crippen LogP contribution in [-0.4, -0.2) is 18.4 Å². The molecule has 0 saturated carbocycles. The van der Waals surface area contributed by atoms with E-state index in [0.717, 1.165) is 5.47 Å². The number of hydrogen-bond donors (Lipinski definition) is 1. The van der Waals surface area contributed by atoms with Crippen LogP contribution >= 0.6 is 0 Å². The quantitative estimate of drug-likeness (QED) is 0.504. The van der Waals surface area contributed by atoms with Gasteiger partial charge in [0.1, 0.15) is 5.83 Å². The monoisotopic (exact) mass is 168 g/mol. The summed E-state index contributed by atoms with van der Waals surface area (Å²) in [6.45, 7) is 10.7. The predicted molar refractivity (Wildman–Crippen MR) is 52.0 cm³/mol. The van der Waals surface area contributed by atoms with Crippen molar-refractivity contribution in [3.8, 4) is 0 Å². The molecule has 3 heteroatoms. The van der Waals surface area contributed by atoms with Crippen molar-refractivity contribution in [1.29, 1.82) is 0 Å². The number of halogens is 1. The van der Waals surface area contributed by atoms with E-state index < -0.39 is 5.83 Å². The van der Waals surface area contributed by atoms with Crippen LogP contribution < -0.4 is 0 Å². The van der Waals surface area contributed by atoms with Crippen molar-refractivity contribution in [1.82, 2.24) is 0 Å².